The van der Waals surface area contributed by atoms with Gasteiger partial charge in [0.25, 0.3) is 0 Å². The van der Waals surface area contributed by atoms with E-state index in [1.165, 1.54) is 0 Å². The number of nitrogens with zero attached hydrogens (tertiary/aromatic N) is 3. The number of hydrogen-bond donors (Lipinski definition) is 2. The molecule has 0 bridgehead atoms. The second kappa shape index (κ2) is 8.75. The summed E-state index contributed by atoms with van der Waals surface area (Å²) in [4.78, 5) is 28.5. The third-order valence-corrected chi connectivity index (χ3v) is 5.35. The second-order valence-corrected chi connectivity index (χ2v) is 7.46. The molecular weight excluding hydrogens is 370 g/mol. The molecule has 2 N–H and O–H groups in total. The molecule has 3 heterocycles. The minimum Gasteiger partial charge on any atom is -0.356 e. The Hall–Kier alpha value is -3.06. The zero-order valence-corrected chi connectivity index (χ0v) is 16.2. The Balaban J connectivity index is 1.18. The van der Waals surface area contributed by atoms with Crippen LogP contribution in [0.1, 0.15) is 23.7 Å². The number of pyridine rings is 1. The zero-order valence-electron chi connectivity index (χ0n) is 15.4. The number of aromatic amines is 1. The summed E-state index contributed by atoms with van der Waals surface area (Å²) >= 11 is 1.66. The molecule has 0 saturated heterocycles. The van der Waals surface area contributed by atoms with Crippen molar-refractivity contribution in [3.8, 4) is 11.3 Å². The molecule has 7 heteroatoms. The molecule has 0 unspecified atom stereocenters. The summed E-state index contributed by atoms with van der Waals surface area (Å²) in [6, 6.07) is 11.8. The summed E-state index contributed by atoms with van der Waals surface area (Å²) in [6.45, 7) is 0.656. The smallest absolute Gasteiger partial charge is 0.220 e. The Morgan fingerprint density at radius 2 is 1.93 bits per heavy atom. The number of aryl methyl sites for hydroxylation is 2. The van der Waals surface area contributed by atoms with Gasteiger partial charge in [-0.3, -0.25) is 9.78 Å². The van der Waals surface area contributed by atoms with Gasteiger partial charge in [-0.15, -0.1) is 11.3 Å². The van der Waals surface area contributed by atoms with Crippen LogP contribution in [-0.2, 0) is 17.6 Å². The number of para-hydroxylation sites is 2. The third kappa shape index (κ3) is 4.61. The summed E-state index contributed by atoms with van der Waals surface area (Å²) < 4.78 is 0. The Morgan fingerprint density at radius 1 is 1.07 bits per heavy atom. The van der Waals surface area contributed by atoms with Crippen LogP contribution in [0.15, 0.2) is 54.2 Å². The Kier molecular flexibility index (Phi) is 5.72. The van der Waals surface area contributed by atoms with Gasteiger partial charge in [-0.25, -0.2) is 9.97 Å². The highest BCUT2D eigenvalue weighted by Crippen LogP contribution is 2.21. The number of fused-ring (bicyclic) bond motifs is 1. The van der Waals surface area contributed by atoms with Crippen molar-refractivity contribution in [1.29, 1.82) is 0 Å². The number of H-pyrrole nitrogens is 1. The fourth-order valence-electron chi connectivity index (χ4n) is 2.99. The standard InChI is InChI=1S/C21H21N5OS/c27-20(8-7-19-24-16-4-1-2-5-17(16)25-19)23-11-3-6-21-26-18(14-28-21)15-9-12-22-13-10-15/h1-2,4-5,9-10,12-14H,3,6-8,11H2,(H,23,27)(H,24,25). The molecule has 0 aliphatic carbocycles. The van der Waals surface area contributed by atoms with Crippen molar-refractivity contribution in [3.63, 3.8) is 0 Å². The van der Waals surface area contributed by atoms with E-state index in [9.17, 15) is 4.79 Å². The molecule has 3 aromatic heterocycles. The minimum atomic E-state index is 0.0528. The molecule has 1 aromatic carbocycles. The topological polar surface area (TPSA) is 83.6 Å². The van der Waals surface area contributed by atoms with E-state index in [0.29, 0.717) is 19.4 Å². The van der Waals surface area contributed by atoms with Gasteiger partial charge in [0.05, 0.1) is 21.7 Å². The molecule has 142 valence electrons. The minimum absolute atomic E-state index is 0.0528. The van der Waals surface area contributed by atoms with Crippen LogP contribution >= 0.6 is 11.3 Å². The van der Waals surface area contributed by atoms with Crippen molar-refractivity contribution in [2.45, 2.75) is 25.7 Å². The maximum atomic E-state index is 12.1. The Morgan fingerprint density at radius 3 is 2.79 bits per heavy atom. The van der Waals surface area contributed by atoms with E-state index in [0.717, 1.165) is 46.0 Å². The maximum Gasteiger partial charge on any atom is 0.220 e. The lowest BCUT2D eigenvalue weighted by atomic mass is 10.2. The number of hydrogen-bond acceptors (Lipinski definition) is 5. The third-order valence-electron chi connectivity index (χ3n) is 4.44. The SMILES string of the molecule is O=C(CCc1nc2ccccc2[nH]1)NCCCc1nc(-c2ccncc2)cs1. The van der Waals surface area contributed by atoms with Crippen LogP contribution in [0.2, 0.25) is 0 Å². The number of aromatic nitrogens is 4. The van der Waals surface area contributed by atoms with Crippen LogP contribution in [-0.4, -0.2) is 32.4 Å². The Bertz CT molecular complexity index is 1020. The first-order valence-corrected chi connectivity index (χ1v) is 10.2. The maximum absolute atomic E-state index is 12.1. The first-order chi connectivity index (χ1) is 13.8. The highest BCUT2D eigenvalue weighted by atomic mass is 32.1. The van der Waals surface area contributed by atoms with Gasteiger partial charge in [0.1, 0.15) is 5.82 Å². The molecule has 6 nitrogen and oxygen atoms in total. The van der Waals surface area contributed by atoms with Crippen LogP contribution in [0.4, 0.5) is 0 Å². The Labute approximate surface area is 167 Å². The van der Waals surface area contributed by atoms with Gasteiger partial charge in [-0.1, -0.05) is 12.1 Å². The lowest BCUT2D eigenvalue weighted by Crippen LogP contribution is -2.25. The van der Waals surface area contributed by atoms with Gasteiger partial charge in [-0.05, 0) is 30.7 Å². The molecule has 4 rings (SSSR count). The predicted octanol–water partition coefficient (Wildman–Crippen LogP) is 3.76. The number of benzene rings is 1. The van der Waals surface area contributed by atoms with Gasteiger partial charge < -0.3 is 10.3 Å². The van der Waals surface area contributed by atoms with E-state index in [2.05, 4.69) is 30.6 Å². The van der Waals surface area contributed by atoms with Crippen molar-refractivity contribution in [2.75, 3.05) is 6.54 Å². The van der Waals surface area contributed by atoms with Gasteiger partial charge >= 0.3 is 0 Å². The lowest BCUT2D eigenvalue weighted by molar-refractivity contribution is -0.121. The molecule has 0 fully saturated rings. The van der Waals surface area contributed by atoms with Crippen molar-refractivity contribution in [2.24, 2.45) is 0 Å². The molecule has 0 aliphatic heterocycles. The average Bonchev–Trinajstić information content (AvgIpc) is 3.37. The summed E-state index contributed by atoms with van der Waals surface area (Å²) in [5, 5.41) is 6.14. The van der Waals surface area contributed by atoms with Crippen LogP contribution in [0.25, 0.3) is 22.3 Å². The fraction of sp³-hybridized carbons (Fsp3) is 0.238. The van der Waals surface area contributed by atoms with Crippen molar-refractivity contribution >= 4 is 28.3 Å². The van der Waals surface area contributed by atoms with Gasteiger partial charge in [0, 0.05) is 49.1 Å². The first kappa shape index (κ1) is 18.3. The second-order valence-electron chi connectivity index (χ2n) is 6.52. The molecule has 1 amide bonds. The average molecular weight is 392 g/mol. The van der Waals surface area contributed by atoms with Crippen molar-refractivity contribution < 1.29 is 4.79 Å². The van der Waals surface area contributed by atoms with Gasteiger partial charge in [0.2, 0.25) is 5.91 Å². The summed E-state index contributed by atoms with van der Waals surface area (Å²) in [7, 11) is 0. The molecule has 4 aromatic rings. The van der Waals surface area contributed by atoms with Crippen molar-refractivity contribution in [3.05, 3.63) is 65.0 Å². The monoisotopic (exact) mass is 391 g/mol. The van der Waals surface area contributed by atoms with E-state index in [1.807, 2.05) is 36.4 Å². The molecule has 0 spiro atoms. The van der Waals surface area contributed by atoms with E-state index >= 15 is 0 Å². The van der Waals surface area contributed by atoms with Crippen LogP contribution < -0.4 is 5.32 Å². The molecule has 0 radical (unpaired) electrons. The van der Waals surface area contributed by atoms with E-state index in [4.69, 9.17) is 0 Å². The van der Waals surface area contributed by atoms with E-state index < -0.39 is 0 Å². The van der Waals surface area contributed by atoms with Crippen LogP contribution in [0.3, 0.4) is 0 Å². The van der Waals surface area contributed by atoms with E-state index in [1.54, 1.807) is 23.7 Å². The van der Waals surface area contributed by atoms with Gasteiger partial charge in [-0.2, -0.15) is 0 Å². The molecule has 0 saturated carbocycles. The fourth-order valence-corrected chi connectivity index (χ4v) is 3.84. The molecule has 0 aliphatic rings. The largest absolute Gasteiger partial charge is 0.356 e. The molecule has 28 heavy (non-hydrogen) atoms. The lowest BCUT2D eigenvalue weighted by Gasteiger charge is -2.03. The highest BCUT2D eigenvalue weighted by Gasteiger charge is 2.07. The number of imidazole rings is 1. The van der Waals surface area contributed by atoms with E-state index in [-0.39, 0.29) is 5.91 Å². The van der Waals surface area contributed by atoms with Crippen molar-refractivity contribution in [1.82, 2.24) is 25.3 Å². The van der Waals surface area contributed by atoms with Crippen LogP contribution in [0, 0.1) is 0 Å². The number of amides is 1. The normalized spacial score (nSPS) is 11.0. The quantitative estimate of drug-likeness (QED) is 0.448. The number of rotatable bonds is 8. The molecule has 0 atom stereocenters. The number of thiazole rings is 1. The van der Waals surface area contributed by atoms with Crippen LogP contribution in [0.5, 0.6) is 0 Å². The summed E-state index contributed by atoms with van der Waals surface area (Å²) in [6.07, 6.45) is 6.33. The predicted molar refractivity (Wildman–Crippen MR) is 111 cm³/mol. The number of nitrogens with one attached hydrogen (secondary N) is 2. The summed E-state index contributed by atoms with van der Waals surface area (Å²) in [5.74, 6) is 0.903. The molecular formula is C21H21N5OS. The highest BCUT2D eigenvalue weighted by molar-refractivity contribution is 7.09. The summed E-state index contributed by atoms with van der Waals surface area (Å²) in [5.41, 5.74) is 4.01. The van der Waals surface area contributed by atoms with Gasteiger partial charge in [0.15, 0.2) is 0 Å². The first-order valence-electron chi connectivity index (χ1n) is 9.33. The zero-order chi connectivity index (χ0) is 19.2. The number of carbonyl (C=O) groups excluding carboxylic acids is 1. The number of carbonyl (C=O) groups is 1.